The lowest BCUT2D eigenvalue weighted by atomic mass is 10.1. The van der Waals surface area contributed by atoms with Gasteiger partial charge in [-0.15, -0.1) is 0 Å². The zero-order chi connectivity index (χ0) is 10.6. The van der Waals surface area contributed by atoms with Crippen molar-refractivity contribution in [3.63, 3.8) is 0 Å². The van der Waals surface area contributed by atoms with Crippen LogP contribution in [0.3, 0.4) is 0 Å². The molecular weight excluding hydrogens is 205 g/mol. The molecular formula is C10H13ClFNO. The molecule has 0 spiro atoms. The minimum Gasteiger partial charge on any atom is -0.383 e. The van der Waals surface area contributed by atoms with Gasteiger partial charge in [-0.1, -0.05) is 17.7 Å². The van der Waals surface area contributed by atoms with Crippen molar-refractivity contribution in [2.45, 2.75) is 6.04 Å². The van der Waals surface area contributed by atoms with Gasteiger partial charge in [-0.05, 0) is 24.7 Å². The standard InChI is InChI=1S/C10H13ClFNO/c1-13-10(6-14-2)8-4-3-7(12)5-9(8)11/h3-5,10,13H,6H2,1-2H3. The maximum Gasteiger partial charge on any atom is 0.124 e. The molecule has 0 heterocycles. The van der Waals surface area contributed by atoms with Crippen molar-refractivity contribution in [2.24, 2.45) is 0 Å². The first kappa shape index (κ1) is 11.4. The Kier molecular flexibility index (Phi) is 4.32. The van der Waals surface area contributed by atoms with Crippen LogP contribution in [0, 0.1) is 5.82 Å². The molecule has 78 valence electrons. The number of halogens is 2. The minimum atomic E-state index is -0.328. The van der Waals surface area contributed by atoms with Gasteiger partial charge in [0.15, 0.2) is 0 Å². The van der Waals surface area contributed by atoms with E-state index in [1.807, 2.05) is 7.05 Å². The molecule has 1 unspecified atom stereocenters. The van der Waals surface area contributed by atoms with Crippen LogP contribution in [0.25, 0.3) is 0 Å². The van der Waals surface area contributed by atoms with E-state index in [2.05, 4.69) is 5.32 Å². The molecule has 1 rings (SSSR count). The molecule has 2 nitrogen and oxygen atoms in total. The lowest BCUT2D eigenvalue weighted by Gasteiger charge is -2.16. The zero-order valence-corrected chi connectivity index (χ0v) is 8.94. The van der Waals surface area contributed by atoms with E-state index in [1.165, 1.54) is 12.1 Å². The zero-order valence-electron chi connectivity index (χ0n) is 8.18. The van der Waals surface area contributed by atoms with E-state index in [1.54, 1.807) is 13.2 Å². The molecule has 0 amide bonds. The van der Waals surface area contributed by atoms with Crippen molar-refractivity contribution in [3.05, 3.63) is 34.6 Å². The Bertz CT molecular complexity index is 306. The fourth-order valence-corrected chi connectivity index (χ4v) is 1.58. The summed E-state index contributed by atoms with van der Waals surface area (Å²) in [5.74, 6) is -0.328. The first-order chi connectivity index (χ1) is 6.69. The second-order valence-corrected chi connectivity index (χ2v) is 3.37. The fraction of sp³-hybridized carbons (Fsp3) is 0.400. The summed E-state index contributed by atoms with van der Waals surface area (Å²) < 4.78 is 17.8. The van der Waals surface area contributed by atoms with E-state index < -0.39 is 0 Å². The van der Waals surface area contributed by atoms with Crippen LogP contribution in [0.1, 0.15) is 11.6 Å². The second kappa shape index (κ2) is 5.29. The van der Waals surface area contributed by atoms with Crippen LogP contribution in [0.5, 0.6) is 0 Å². The predicted octanol–water partition coefficient (Wildman–Crippen LogP) is 2.39. The Balaban J connectivity index is 2.92. The summed E-state index contributed by atoms with van der Waals surface area (Å²) in [6, 6.07) is 4.35. The van der Waals surface area contributed by atoms with Crippen LogP contribution in [0.4, 0.5) is 4.39 Å². The molecule has 0 aliphatic heterocycles. The molecule has 0 aromatic heterocycles. The molecule has 14 heavy (non-hydrogen) atoms. The van der Waals surface area contributed by atoms with E-state index in [4.69, 9.17) is 16.3 Å². The number of hydrogen-bond acceptors (Lipinski definition) is 2. The Labute approximate surface area is 88.0 Å². The molecule has 0 saturated carbocycles. The van der Waals surface area contributed by atoms with Crippen molar-refractivity contribution in [1.82, 2.24) is 5.32 Å². The molecule has 0 fully saturated rings. The smallest absolute Gasteiger partial charge is 0.124 e. The third kappa shape index (κ3) is 2.67. The molecule has 0 aliphatic carbocycles. The summed E-state index contributed by atoms with van der Waals surface area (Å²) in [4.78, 5) is 0. The normalized spacial score (nSPS) is 12.9. The quantitative estimate of drug-likeness (QED) is 0.836. The molecule has 1 aromatic carbocycles. The lowest BCUT2D eigenvalue weighted by Crippen LogP contribution is -2.21. The predicted molar refractivity (Wildman–Crippen MR) is 55.1 cm³/mol. The molecule has 1 atom stereocenters. The average molecular weight is 218 g/mol. The summed E-state index contributed by atoms with van der Waals surface area (Å²) in [7, 11) is 3.42. The van der Waals surface area contributed by atoms with E-state index in [0.717, 1.165) is 5.56 Å². The third-order valence-electron chi connectivity index (χ3n) is 2.02. The summed E-state index contributed by atoms with van der Waals surface area (Å²) >= 11 is 5.90. The number of nitrogens with one attached hydrogen (secondary N) is 1. The first-order valence-corrected chi connectivity index (χ1v) is 4.68. The SMILES string of the molecule is CNC(COC)c1ccc(F)cc1Cl. The number of hydrogen-bond donors (Lipinski definition) is 1. The van der Waals surface area contributed by atoms with Gasteiger partial charge in [0.2, 0.25) is 0 Å². The van der Waals surface area contributed by atoms with Crippen molar-refractivity contribution >= 4 is 11.6 Å². The second-order valence-electron chi connectivity index (χ2n) is 2.96. The Morgan fingerprint density at radius 1 is 1.57 bits per heavy atom. The van der Waals surface area contributed by atoms with Crippen LogP contribution in [0.2, 0.25) is 5.02 Å². The first-order valence-electron chi connectivity index (χ1n) is 4.30. The monoisotopic (exact) mass is 217 g/mol. The lowest BCUT2D eigenvalue weighted by molar-refractivity contribution is 0.170. The molecule has 4 heteroatoms. The van der Waals surface area contributed by atoms with Gasteiger partial charge in [-0.3, -0.25) is 0 Å². The van der Waals surface area contributed by atoms with Crippen LogP contribution >= 0.6 is 11.6 Å². The van der Waals surface area contributed by atoms with Gasteiger partial charge in [-0.2, -0.15) is 0 Å². The van der Waals surface area contributed by atoms with Crippen molar-refractivity contribution in [2.75, 3.05) is 20.8 Å². The third-order valence-corrected chi connectivity index (χ3v) is 2.35. The molecule has 0 saturated heterocycles. The van der Waals surface area contributed by atoms with Gasteiger partial charge in [0.05, 0.1) is 12.6 Å². The van der Waals surface area contributed by atoms with Gasteiger partial charge in [0.25, 0.3) is 0 Å². The van der Waals surface area contributed by atoms with E-state index >= 15 is 0 Å². The number of ether oxygens (including phenoxy) is 1. The van der Waals surface area contributed by atoms with Crippen molar-refractivity contribution in [3.8, 4) is 0 Å². The van der Waals surface area contributed by atoms with Crippen LogP contribution in [-0.2, 0) is 4.74 Å². The number of rotatable bonds is 4. The van der Waals surface area contributed by atoms with Crippen LogP contribution in [0.15, 0.2) is 18.2 Å². The Morgan fingerprint density at radius 2 is 2.29 bits per heavy atom. The summed E-state index contributed by atoms with van der Waals surface area (Å²) in [5.41, 5.74) is 0.845. The largest absolute Gasteiger partial charge is 0.383 e. The van der Waals surface area contributed by atoms with E-state index in [0.29, 0.717) is 11.6 Å². The molecule has 1 N–H and O–H groups in total. The Hall–Kier alpha value is -0.640. The highest BCUT2D eigenvalue weighted by molar-refractivity contribution is 6.31. The Morgan fingerprint density at radius 3 is 2.79 bits per heavy atom. The molecule has 0 aliphatic rings. The highest BCUT2D eigenvalue weighted by atomic mass is 35.5. The average Bonchev–Trinajstić information content (AvgIpc) is 2.15. The highest BCUT2D eigenvalue weighted by Gasteiger charge is 2.12. The number of benzene rings is 1. The van der Waals surface area contributed by atoms with Gasteiger partial charge in [0, 0.05) is 12.1 Å². The maximum atomic E-state index is 12.8. The van der Waals surface area contributed by atoms with Gasteiger partial charge in [0.1, 0.15) is 5.82 Å². The van der Waals surface area contributed by atoms with Crippen LogP contribution < -0.4 is 5.32 Å². The van der Waals surface area contributed by atoms with Gasteiger partial charge >= 0.3 is 0 Å². The molecule has 0 bridgehead atoms. The molecule has 0 radical (unpaired) electrons. The van der Waals surface area contributed by atoms with Crippen LogP contribution in [-0.4, -0.2) is 20.8 Å². The maximum absolute atomic E-state index is 12.8. The highest BCUT2D eigenvalue weighted by Crippen LogP contribution is 2.23. The molecule has 1 aromatic rings. The number of methoxy groups -OCH3 is 1. The van der Waals surface area contributed by atoms with Gasteiger partial charge in [-0.25, -0.2) is 4.39 Å². The summed E-state index contributed by atoms with van der Waals surface area (Å²) in [5, 5.41) is 3.47. The minimum absolute atomic E-state index is 0.00639. The summed E-state index contributed by atoms with van der Waals surface area (Å²) in [6.45, 7) is 0.502. The summed E-state index contributed by atoms with van der Waals surface area (Å²) in [6.07, 6.45) is 0. The topological polar surface area (TPSA) is 21.3 Å². The fourth-order valence-electron chi connectivity index (χ4n) is 1.28. The van der Waals surface area contributed by atoms with E-state index in [9.17, 15) is 4.39 Å². The number of likely N-dealkylation sites (N-methyl/N-ethyl adjacent to an activating group) is 1. The van der Waals surface area contributed by atoms with Crippen molar-refractivity contribution in [1.29, 1.82) is 0 Å². The van der Waals surface area contributed by atoms with Crippen molar-refractivity contribution < 1.29 is 9.13 Å². The van der Waals surface area contributed by atoms with E-state index in [-0.39, 0.29) is 11.9 Å². The van der Waals surface area contributed by atoms with Gasteiger partial charge < -0.3 is 10.1 Å².